The van der Waals surface area contributed by atoms with Crippen molar-refractivity contribution in [2.24, 2.45) is 11.7 Å². The molecule has 0 spiro atoms. The Morgan fingerprint density at radius 3 is 2.50 bits per heavy atom. The largest absolute Gasteiger partial charge is 0.493 e. The number of benzene rings is 1. The summed E-state index contributed by atoms with van der Waals surface area (Å²) < 4.78 is 10.5. The number of methoxy groups -OCH3 is 2. The molecule has 0 aliphatic carbocycles. The van der Waals surface area contributed by atoms with Crippen molar-refractivity contribution in [2.45, 2.75) is 45.1 Å². The average molecular weight is 309 g/mol. The summed E-state index contributed by atoms with van der Waals surface area (Å²) in [5, 5.41) is 9.05. The summed E-state index contributed by atoms with van der Waals surface area (Å²) >= 11 is 0. The van der Waals surface area contributed by atoms with Gasteiger partial charge in [-0.25, -0.2) is 0 Å². The molecule has 2 unspecified atom stereocenters. The van der Waals surface area contributed by atoms with Crippen LogP contribution >= 0.6 is 0 Å². The first kappa shape index (κ1) is 18.3. The second-order valence-electron chi connectivity index (χ2n) is 6.11. The fourth-order valence-electron chi connectivity index (χ4n) is 2.60. The van der Waals surface area contributed by atoms with Crippen LogP contribution in [0.2, 0.25) is 0 Å². The summed E-state index contributed by atoms with van der Waals surface area (Å²) in [4.78, 5) is 11.0. The minimum absolute atomic E-state index is 0.270. The minimum Gasteiger partial charge on any atom is -0.493 e. The highest BCUT2D eigenvalue weighted by atomic mass is 16.5. The van der Waals surface area contributed by atoms with E-state index in [2.05, 4.69) is 0 Å². The van der Waals surface area contributed by atoms with E-state index in [1.54, 1.807) is 21.1 Å². The van der Waals surface area contributed by atoms with Crippen LogP contribution in [-0.2, 0) is 11.2 Å². The third kappa shape index (κ3) is 5.22. The first-order valence-electron chi connectivity index (χ1n) is 7.53. The standard InChI is InChI=1S/C17H27NO4/c1-12(11-17(2,18)16(19)20)6-5-7-13-8-9-14(21-3)15(10-13)22-4/h8-10,12H,5-7,11,18H2,1-4H3,(H,19,20). The second-order valence-corrected chi connectivity index (χ2v) is 6.11. The normalized spacial score (nSPS) is 15.0. The lowest BCUT2D eigenvalue weighted by atomic mass is 9.87. The van der Waals surface area contributed by atoms with Crippen LogP contribution in [0.15, 0.2) is 18.2 Å². The van der Waals surface area contributed by atoms with E-state index >= 15 is 0 Å². The van der Waals surface area contributed by atoms with Crippen molar-refractivity contribution in [3.05, 3.63) is 23.8 Å². The van der Waals surface area contributed by atoms with Gasteiger partial charge in [0.05, 0.1) is 14.2 Å². The maximum absolute atomic E-state index is 11.0. The fraction of sp³-hybridized carbons (Fsp3) is 0.588. The van der Waals surface area contributed by atoms with E-state index in [-0.39, 0.29) is 5.92 Å². The Hall–Kier alpha value is -1.75. The van der Waals surface area contributed by atoms with Crippen molar-refractivity contribution < 1.29 is 19.4 Å². The number of carboxylic acid groups (broad SMARTS) is 1. The number of rotatable bonds is 9. The summed E-state index contributed by atoms with van der Waals surface area (Å²) in [6.45, 7) is 3.61. The predicted molar refractivity (Wildman–Crippen MR) is 86.5 cm³/mol. The molecule has 0 bridgehead atoms. The molecule has 0 amide bonds. The van der Waals surface area contributed by atoms with Crippen LogP contribution in [0.25, 0.3) is 0 Å². The first-order chi connectivity index (χ1) is 10.3. The smallest absolute Gasteiger partial charge is 0.323 e. The molecule has 1 aromatic carbocycles. The zero-order valence-electron chi connectivity index (χ0n) is 13.9. The number of hydrogen-bond acceptors (Lipinski definition) is 4. The summed E-state index contributed by atoms with van der Waals surface area (Å²) in [5.74, 6) is 0.777. The van der Waals surface area contributed by atoms with Gasteiger partial charge < -0.3 is 20.3 Å². The van der Waals surface area contributed by atoms with Crippen molar-refractivity contribution in [3.63, 3.8) is 0 Å². The molecule has 0 saturated carbocycles. The van der Waals surface area contributed by atoms with Gasteiger partial charge in [0.25, 0.3) is 0 Å². The molecule has 0 aliphatic rings. The van der Waals surface area contributed by atoms with Crippen LogP contribution in [-0.4, -0.2) is 30.8 Å². The van der Waals surface area contributed by atoms with Gasteiger partial charge in [-0.05, 0) is 49.8 Å². The topological polar surface area (TPSA) is 81.8 Å². The van der Waals surface area contributed by atoms with E-state index in [1.165, 1.54) is 5.56 Å². The minimum atomic E-state index is -1.15. The molecule has 124 valence electrons. The van der Waals surface area contributed by atoms with Crippen LogP contribution in [0.3, 0.4) is 0 Å². The van der Waals surface area contributed by atoms with Gasteiger partial charge in [-0.2, -0.15) is 0 Å². The lowest BCUT2D eigenvalue weighted by Crippen LogP contribution is -2.46. The van der Waals surface area contributed by atoms with Crippen LogP contribution in [0, 0.1) is 5.92 Å². The molecule has 22 heavy (non-hydrogen) atoms. The lowest BCUT2D eigenvalue weighted by Gasteiger charge is -2.23. The maximum atomic E-state index is 11.0. The quantitative estimate of drug-likeness (QED) is 0.733. The predicted octanol–water partition coefficient (Wildman–Crippen LogP) is 2.85. The molecule has 1 aromatic rings. The number of carbonyl (C=O) groups is 1. The highest BCUT2D eigenvalue weighted by Gasteiger charge is 2.29. The molecule has 2 atom stereocenters. The van der Waals surface area contributed by atoms with Gasteiger partial charge in [-0.3, -0.25) is 4.79 Å². The van der Waals surface area contributed by atoms with Crippen molar-refractivity contribution >= 4 is 5.97 Å². The first-order valence-corrected chi connectivity index (χ1v) is 7.53. The Morgan fingerprint density at radius 1 is 1.32 bits per heavy atom. The van der Waals surface area contributed by atoms with Crippen molar-refractivity contribution in [1.29, 1.82) is 0 Å². The second kappa shape index (κ2) is 8.03. The van der Waals surface area contributed by atoms with Crippen molar-refractivity contribution in [3.8, 4) is 11.5 Å². The molecule has 0 aliphatic heterocycles. The number of aliphatic carboxylic acids is 1. The molecule has 5 heteroatoms. The highest BCUT2D eigenvalue weighted by Crippen LogP contribution is 2.28. The van der Waals surface area contributed by atoms with E-state index in [4.69, 9.17) is 20.3 Å². The molecule has 1 rings (SSSR count). The van der Waals surface area contributed by atoms with Gasteiger partial charge in [0.1, 0.15) is 5.54 Å². The van der Waals surface area contributed by atoms with E-state index in [0.29, 0.717) is 6.42 Å². The van der Waals surface area contributed by atoms with Crippen LogP contribution in [0.5, 0.6) is 11.5 Å². The number of aryl methyl sites for hydroxylation is 1. The van der Waals surface area contributed by atoms with E-state index < -0.39 is 11.5 Å². The molecular weight excluding hydrogens is 282 g/mol. The molecule has 0 saturated heterocycles. The summed E-state index contributed by atoms with van der Waals surface area (Å²) in [6.07, 6.45) is 3.31. The maximum Gasteiger partial charge on any atom is 0.323 e. The fourth-order valence-corrected chi connectivity index (χ4v) is 2.60. The highest BCUT2D eigenvalue weighted by molar-refractivity contribution is 5.77. The van der Waals surface area contributed by atoms with Gasteiger partial charge in [0.15, 0.2) is 11.5 Å². The Bertz CT molecular complexity index is 499. The van der Waals surface area contributed by atoms with Crippen LogP contribution in [0.1, 0.15) is 38.7 Å². The molecule has 0 fully saturated rings. The van der Waals surface area contributed by atoms with E-state index in [0.717, 1.165) is 30.8 Å². The molecule has 0 aromatic heterocycles. The third-order valence-electron chi connectivity index (χ3n) is 3.87. The summed E-state index contributed by atoms with van der Waals surface area (Å²) in [7, 11) is 3.24. The zero-order valence-corrected chi connectivity index (χ0v) is 13.9. The molecule has 0 heterocycles. The number of carboxylic acids is 1. The Kier molecular flexibility index (Phi) is 6.68. The monoisotopic (exact) mass is 309 g/mol. The van der Waals surface area contributed by atoms with Gasteiger partial charge in [0.2, 0.25) is 0 Å². The van der Waals surface area contributed by atoms with Crippen molar-refractivity contribution in [2.75, 3.05) is 14.2 Å². The Morgan fingerprint density at radius 2 is 1.95 bits per heavy atom. The van der Waals surface area contributed by atoms with Crippen LogP contribution in [0.4, 0.5) is 0 Å². The van der Waals surface area contributed by atoms with E-state index in [1.807, 2.05) is 25.1 Å². The van der Waals surface area contributed by atoms with Gasteiger partial charge in [-0.15, -0.1) is 0 Å². The SMILES string of the molecule is COc1ccc(CCCC(C)CC(C)(N)C(=O)O)cc1OC. The molecule has 0 radical (unpaired) electrons. The molecule has 3 N–H and O–H groups in total. The number of nitrogens with two attached hydrogens (primary N) is 1. The van der Waals surface area contributed by atoms with Gasteiger partial charge >= 0.3 is 5.97 Å². The Balaban J connectivity index is 2.49. The van der Waals surface area contributed by atoms with Crippen molar-refractivity contribution in [1.82, 2.24) is 0 Å². The zero-order chi connectivity index (χ0) is 16.8. The molecular formula is C17H27NO4. The van der Waals surface area contributed by atoms with Gasteiger partial charge in [-0.1, -0.05) is 19.4 Å². The third-order valence-corrected chi connectivity index (χ3v) is 3.87. The Labute approximate surface area is 132 Å². The summed E-state index contributed by atoms with van der Waals surface area (Å²) in [6, 6.07) is 5.91. The van der Waals surface area contributed by atoms with E-state index in [9.17, 15) is 4.79 Å². The van der Waals surface area contributed by atoms with Crippen LogP contribution < -0.4 is 15.2 Å². The van der Waals surface area contributed by atoms with Gasteiger partial charge in [0, 0.05) is 0 Å². The molecule has 5 nitrogen and oxygen atoms in total. The average Bonchev–Trinajstić information content (AvgIpc) is 2.46. The number of hydrogen-bond donors (Lipinski definition) is 2. The summed E-state index contributed by atoms with van der Waals surface area (Å²) in [5.41, 5.74) is 5.81. The number of ether oxygens (including phenoxy) is 2. The lowest BCUT2D eigenvalue weighted by molar-refractivity contribution is -0.143.